The molecule has 2 heterocycles. The molecule has 0 saturated heterocycles. The maximum Gasteiger partial charge on any atom is 0.182 e. The number of nitrogens with zero attached hydrogens (tertiary/aromatic N) is 1. The van der Waals surface area contributed by atoms with Crippen LogP contribution >= 0.6 is 11.3 Å². The summed E-state index contributed by atoms with van der Waals surface area (Å²) < 4.78 is 10.6. The summed E-state index contributed by atoms with van der Waals surface area (Å²) in [6.45, 7) is 0. The quantitative estimate of drug-likeness (QED) is 0.816. The summed E-state index contributed by atoms with van der Waals surface area (Å²) in [6, 6.07) is 5.93. The molecule has 0 atom stereocenters. The highest BCUT2D eigenvalue weighted by atomic mass is 32.1. The Morgan fingerprint density at radius 1 is 1.25 bits per heavy atom. The summed E-state index contributed by atoms with van der Waals surface area (Å²) in [4.78, 5) is 5.60. The summed E-state index contributed by atoms with van der Waals surface area (Å²) in [6.07, 6.45) is 2.52. The van der Waals surface area contributed by atoms with Gasteiger partial charge in [0, 0.05) is 23.6 Å². The number of aromatic nitrogens is 1. The van der Waals surface area contributed by atoms with Crippen molar-refractivity contribution in [1.29, 1.82) is 0 Å². The van der Waals surface area contributed by atoms with Crippen molar-refractivity contribution in [2.24, 2.45) is 0 Å². The van der Waals surface area contributed by atoms with E-state index in [1.807, 2.05) is 6.07 Å². The van der Waals surface area contributed by atoms with Crippen molar-refractivity contribution in [1.82, 2.24) is 4.98 Å². The molecule has 0 amide bonds. The Morgan fingerprint density at radius 3 is 2.75 bits per heavy atom. The van der Waals surface area contributed by atoms with E-state index in [0.717, 1.165) is 23.6 Å². The SMILES string of the molecule is COc1ccnc(Cc2cccs2)c1OC. The predicted octanol–water partition coefficient (Wildman–Crippen LogP) is 2.75. The zero-order valence-corrected chi connectivity index (χ0v) is 10.1. The van der Waals surface area contributed by atoms with Crippen molar-refractivity contribution in [2.45, 2.75) is 6.42 Å². The van der Waals surface area contributed by atoms with Crippen LogP contribution in [0.4, 0.5) is 0 Å². The lowest BCUT2D eigenvalue weighted by Crippen LogP contribution is -1.98. The van der Waals surface area contributed by atoms with E-state index in [9.17, 15) is 0 Å². The van der Waals surface area contributed by atoms with E-state index in [1.54, 1.807) is 37.8 Å². The average molecular weight is 235 g/mol. The molecule has 0 unspecified atom stereocenters. The zero-order chi connectivity index (χ0) is 11.4. The Bertz CT molecular complexity index is 454. The van der Waals surface area contributed by atoms with E-state index < -0.39 is 0 Å². The molecule has 2 rings (SSSR count). The first kappa shape index (κ1) is 11.0. The molecule has 2 aromatic rings. The van der Waals surface area contributed by atoms with Crippen LogP contribution in [0.15, 0.2) is 29.8 Å². The predicted molar refractivity (Wildman–Crippen MR) is 64.5 cm³/mol. The second-order valence-corrected chi connectivity index (χ2v) is 4.28. The fraction of sp³-hybridized carbons (Fsp3) is 0.250. The number of pyridine rings is 1. The van der Waals surface area contributed by atoms with E-state index in [-0.39, 0.29) is 0 Å². The summed E-state index contributed by atoms with van der Waals surface area (Å²) >= 11 is 1.71. The Hall–Kier alpha value is -1.55. The van der Waals surface area contributed by atoms with Crippen LogP contribution in [0.5, 0.6) is 11.5 Å². The maximum atomic E-state index is 5.33. The van der Waals surface area contributed by atoms with Gasteiger partial charge in [-0.2, -0.15) is 0 Å². The maximum absolute atomic E-state index is 5.33. The van der Waals surface area contributed by atoms with Crippen LogP contribution in [0.25, 0.3) is 0 Å². The van der Waals surface area contributed by atoms with Gasteiger partial charge >= 0.3 is 0 Å². The fourth-order valence-electron chi connectivity index (χ4n) is 1.55. The van der Waals surface area contributed by atoms with Crippen LogP contribution in [-0.2, 0) is 6.42 Å². The largest absolute Gasteiger partial charge is 0.493 e. The molecule has 0 aromatic carbocycles. The highest BCUT2D eigenvalue weighted by Crippen LogP contribution is 2.30. The molecule has 0 aliphatic carbocycles. The second-order valence-electron chi connectivity index (χ2n) is 3.25. The third kappa shape index (κ3) is 2.17. The minimum absolute atomic E-state index is 0.721. The number of ether oxygens (including phenoxy) is 2. The number of rotatable bonds is 4. The third-order valence-corrected chi connectivity index (χ3v) is 3.16. The van der Waals surface area contributed by atoms with Gasteiger partial charge in [0.25, 0.3) is 0 Å². The number of hydrogen-bond acceptors (Lipinski definition) is 4. The van der Waals surface area contributed by atoms with E-state index in [2.05, 4.69) is 16.4 Å². The van der Waals surface area contributed by atoms with Crippen molar-refractivity contribution >= 4 is 11.3 Å². The lowest BCUT2D eigenvalue weighted by molar-refractivity contribution is 0.350. The van der Waals surface area contributed by atoms with Crippen LogP contribution in [0.1, 0.15) is 10.6 Å². The molecule has 0 N–H and O–H groups in total. The topological polar surface area (TPSA) is 31.4 Å². The van der Waals surface area contributed by atoms with Crippen LogP contribution in [-0.4, -0.2) is 19.2 Å². The van der Waals surface area contributed by atoms with Crippen molar-refractivity contribution in [3.8, 4) is 11.5 Å². The Balaban J connectivity index is 2.33. The van der Waals surface area contributed by atoms with Gasteiger partial charge < -0.3 is 9.47 Å². The van der Waals surface area contributed by atoms with Gasteiger partial charge in [-0.1, -0.05) is 6.07 Å². The Kier molecular flexibility index (Phi) is 3.41. The minimum atomic E-state index is 0.721. The highest BCUT2D eigenvalue weighted by Gasteiger charge is 2.11. The molecule has 16 heavy (non-hydrogen) atoms. The van der Waals surface area contributed by atoms with Crippen LogP contribution in [0.3, 0.4) is 0 Å². The lowest BCUT2D eigenvalue weighted by atomic mass is 10.2. The van der Waals surface area contributed by atoms with Gasteiger partial charge in [0.1, 0.15) is 0 Å². The first-order chi connectivity index (χ1) is 7.85. The molecule has 0 spiro atoms. The van der Waals surface area contributed by atoms with E-state index in [1.165, 1.54) is 4.88 Å². The van der Waals surface area contributed by atoms with E-state index in [4.69, 9.17) is 9.47 Å². The van der Waals surface area contributed by atoms with Crippen molar-refractivity contribution in [3.63, 3.8) is 0 Å². The third-order valence-electron chi connectivity index (χ3n) is 2.29. The smallest absolute Gasteiger partial charge is 0.182 e. The monoisotopic (exact) mass is 235 g/mol. The zero-order valence-electron chi connectivity index (χ0n) is 9.27. The lowest BCUT2D eigenvalue weighted by Gasteiger charge is -2.10. The van der Waals surface area contributed by atoms with Gasteiger partial charge in [0.2, 0.25) is 0 Å². The molecule has 3 nitrogen and oxygen atoms in total. The molecule has 0 fully saturated rings. The molecule has 84 valence electrons. The normalized spacial score (nSPS) is 10.1. The molecule has 0 radical (unpaired) electrons. The molecule has 0 bridgehead atoms. The molecular formula is C12H13NO2S. The van der Waals surface area contributed by atoms with Gasteiger partial charge in [-0.3, -0.25) is 4.98 Å². The minimum Gasteiger partial charge on any atom is -0.493 e. The second kappa shape index (κ2) is 4.99. The summed E-state index contributed by atoms with van der Waals surface area (Å²) in [5, 5.41) is 2.06. The standard InChI is InChI=1S/C12H13NO2S/c1-14-11-5-6-13-10(12(11)15-2)8-9-4-3-7-16-9/h3-7H,8H2,1-2H3. The molecular weight excluding hydrogens is 222 g/mol. The molecule has 2 aromatic heterocycles. The van der Waals surface area contributed by atoms with Crippen LogP contribution < -0.4 is 9.47 Å². The van der Waals surface area contributed by atoms with Gasteiger partial charge in [0.05, 0.1) is 19.9 Å². The van der Waals surface area contributed by atoms with Gasteiger partial charge in [-0.05, 0) is 11.4 Å². The number of hydrogen-bond donors (Lipinski definition) is 0. The van der Waals surface area contributed by atoms with Gasteiger partial charge in [-0.15, -0.1) is 11.3 Å². The van der Waals surface area contributed by atoms with Gasteiger partial charge in [0.15, 0.2) is 11.5 Å². The summed E-state index contributed by atoms with van der Waals surface area (Å²) in [7, 11) is 3.27. The van der Waals surface area contributed by atoms with Crippen molar-refractivity contribution in [2.75, 3.05) is 14.2 Å². The first-order valence-electron chi connectivity index (χ1n) is 4.93. The highest BCUT2D eigenvalue weighted by molar-refractivity contribution is 7.09. The average Bonchev–Trinajstić information content (AvgIpc) is 2.81. The first-order valence-corrected chi connectivity index (χ1v) is 5.81. The van der Waals surface area contributed by atoms with Crippen LogP contribution in [0, 0.1) is 0 Å². The van der Waals surface area contributed by atoms with Gasteiger partial charge in [-0.25, -0.2) is 0 Å². The van der Waals surface area contributed by atoms with E-state index in [0.29, 0.717) is 0 Å². The molecule has 0 aliphatic rings. The number of methoxy groups -OCH3 is 2. The number of thiophene rings is 1. The van der Waals surface area contributed by atoms with Crippen molar-refractivity contribution in [3.05, 3.63) is 40.3 Å². The van der Waals surface area contributed by atoms with E-state index >= 15 is 0 Å². The summed E-state index contributed by atoms with van der Waals surface area (Å²) in [5.74, 6) is 1.45. The molecule has 0 saturated carbocycles. The molecule has 4 heteroatoms. The van der Waals surface area contributed by atoms with Crippen molar-refractivity contribution < 1.29 is 9.47 Å². The fourth-order valence-corrected chi connectivity index (χ4v) is 2.26. The Labute approximate surface area is 98.7 Å². The summed E-state index contributed by atoms with van der Waals surface area (Å²) in [5.41, 5.74) is 0.907. The van der Waals surface area contributed by atoms with Crippen LogP contribution in [0.2, 0.25) is 0 Å². The Morgan fingerprint density at radius 2 is 2.12 bits per heavy atom. The molecule has 0 aliphatic heterocycles.